The van der Waals surface area contributed by atoms with Gasteiger partial charge in [-0.2, -0.15) is 13.2 Å². The maximum atomic E-state index is 13.9. The molecular formula is C24H19F6N3O6. The number of amides is 2. The first-order valence-corrected chi connectivity index (χ1v) is 10.6. The second-order valence-corrected chi connectivity index (χ2v) is 7.66. The van der Waals surface area contributed by atoms with E-state index in [1.54, 1.807) is 0 Å². The van der Waals surface area contributed by atoms with Crippen LogP contribution in [0.15, 0.2) is 42.6 Å². The van der Waals surface area contributed by atoms with Crippen LogP contribution in [0.2, 0.25) is 0 Å². The molecule has 1 aromatic heterocycles. The Morgan fingerprint density at radius 2 is 1.56 bits per heavy atom. The zero-order chi connectivity index (χ0) is 29.1. The lowest BCUT2D eigenvalue weighted by molar-refractivity contribution is -0.274. The molecule has 3 N–H and O–H groups in total. The first kappa shape index (κ1) is 28.9. The number of nitrogens with zero attached hydrogens (tertiary/aromatic N) is 1. The van der Waals surface area contributed by atoms with Crippen LogP contribution in [0.25, 0.3) is 0 Å². The van der Waals surface area contributed by atoms with Crippen molar-refractivity contribution in [1.29, 1.82) is 0 Å². The lowest BCUT2D eigenvalue weighted by atomic mass is 9.98. The van der Waals surface area contributed by atoms with Gasteiger partial charge in [0.2, 0.25) is 0 Å². The Morgan fingerprint density at radius 3 is 2.13 bits per heavy atom. The van der Waals surface area contributed by atoms with E-state index in [1.165, 1.54) is 6.07 Å². The molecule has 15 heteroatoms. The van der Waals surface area contributed by atoms with Crippen molar-refractivity contribution < 1.29 is 54.9 Å². The summed E-state index contributed by atoms with van der Waals surface area (Å²) in [6.07, 6.45) is -8.81. The molecule has 0 atom stereocenters. The Labute approximate surface area is 216 Å². The number of hydrogen-bond acceptors (Lipinski definition) is 7. The van der Waals surface area contributed by atoms with Crippen molar-refractivity contribution in [2.45, 2.75) is 19.5 Å². The Hall–Kier alpha value is -4.69. The Kier molecular flexibility index (Phi) is 8.12. The maximum Gasteiger partial charge on any atom is 0.573 e. The number of nitrogens with two attached hydrogens (primary N) is 1. The molecule has 39 heavy (non-hydrogen) atoms. The minimum atomic E-state index is -5.00. The van der Waals surface area contributed by atoms with E-state index in [1.807, 2.05) is 0 Å². The van der Waals surface area contributed by atoms with Crippen LogP contribution in [-0.4, -0.2) is 37.4 Å². The molecule has 0 aliphatic carbocycles. The van der Waals surface area contributed by atoms with Gasteiger partial charge in [0.05, 0.1) is 19.8 Å². The van der Waals surface area contributed by atoms with Gasteiger partial charge in [-0.15, -0.1) is 13.2 Å². The number of carbonyl (C=O) groups excluding carboxylic acids is 2. The third-order valence-electron chi connectivity index (χ3n) is 5.09. The van der Waals surface area contributed by atoms with Gasteiger partial charge in [0.1, 0.15) is 28.5 Å². The van der Waals surface area contributed by atoms with E-state index in [0.717, 1.165) is 57.7 Å². The average molecular weight is 559 g/mol. The first-order chi connectivity index (χ1) is 18.1. The van der Waals surface area contributed by atoms with Crippen molar-refractivity contribution in [2.24, 2.45) is 5.73 Å². The lowest BCUT2D eigenvalue weighted by Crippen LogP contribution is -2.20. The number of anilines is 1. The molecule has 208 valence electrons. The monoisotopic (exact) mass is 559 g/mol. The molecule has 0 fully saturated rings. The fourth-order valence-electron chi connectivity index (χ4n) is 3.52. The fraction of sp³-hybridized carbons (Fsp3) is 0.208. The van der Waals surface area contributed by atoms with Gasteiger partial charge >= 0.3 is 12.5 Å². The van der Waals surface area contributed by atoms with Crippen molar-refractivity contribution in [3.8, 4) is 28.7 Å². The normalized spacial score (nSPS) is 11.5. The van der Waals surface area contributed by atoms with Gasteiger partial charge in [-0.1, -0.05) is 0 Å². The molecule has 3 aromatic rings. The number of ether oxygens (including phenoxy) is 4. The fourth-order valence-corrected chi connectivity index (χ4v) is 3.52. The molecule has 0 unspecified atom stereocenters. The molecule has 0 saturated heterocycles. The molecule has 0 aliphatic heterocycles. The summed E-state index contributed by atoms with van der Waals surface area (Å²) in [4.78, 5) is 28.4. The van der Waals surface area contributed by atoms with Crippen LogP contribution < -0.4 is 30.0 Å². The molecule has 9 nitrogen and oxygen atoms in total. The molecule has 3 rings (SSSR count). The van der Waals surface area contributed by atoms with Gasteiger partial charge in [-0.05, 0) is 36.8 Å². The second-order valence-electron chi connectivity index (χ2n) is 7.66. The van der Waals surface area contributed by atoms with Gasteiger partial charge < -0.3 is 30.0 Å². The topological polar surface area (TPSA) is 122 Å². The van der Waals surface area contributed by atoms with Crippen molar-refractivity contribution >= 4 is 17.5 Å². The number of rotatable bonds is 8. The molecule has 2 aromatic carbocycles. The summed E-state index contributed by atoms with van der Waals surface area (Å²) in [6, 6.07) is 5.87. The molecule has 0 spiro atoms. The van der Waals surface area contributed by atoms with Gasteiger partial charge in [-0.25, -0.2) is 0 Å². The van der Waals surface area contributed by atoms with E-state index in [0.29, 0.717) is 0 Å². The van der Waals surface area contributed by atoms with E-state index in [-0.39, 0.29) is 22.9 Å². The number of carbonyl (C=O) groups is 2. The van der Waals surface area contributed by atoms with Gasteiger partial charge in [0.25, 0.3) is 11.8 Å². The second kappa shape index (κ2) is 11.0. The largest absolute Gasteiger partial charge is 0.573 e. The number of aromatic nitrogens is 1. The number of nitrogens with one attached hydrogen (secondary N) is 1. The van der Waals surface area contributed by atoms with Crippen LogP contribution in [-0.2, 0) is 6.18 Å². The number of alkyl halides is 6. The molecule has 1 heterocycles. The Bertz CT molecular complexity index is 1410. The predicted octanol–water partition coefficient (Wildman–Crippen LogP) is 5.47. The summed E-state index contributed by atoms with van der Waals surface area (Å²) < 4.78 is 99.0. The predicted molar refractivity (Wildman–Crippen MR) is 123 cm³/mol. The third-order valence-corrected chi connectivity index (χ3v) is 5.09. The van der Waals surface area contributed by atoms with Crippen molar-refractivity contribution in [2.75, 3.05) is 19.5 Å². The number of primary amides is 1. The van der Waals surface area contributed by atoms with E-state index in [9.17, 15) is 35.9 Å². The van der Waals surface area contributed by atoms with E-state index < -0.39 is 58.3 Å². The summed E-state index contributed by atoms with van der Waals surface area (Å²) >= 11 is 0. The van der Waals surface area contributed by atoms with Crippen LogP contribution in [0.1, 0.15) is 32.0 Å². The van der Waals surface area contributed by atoms with Crippen molar-refractivity contribution in [1.82, 2.24) is 4.98 Å². The maximum absolute atomic E-state index is 13.9. The summed E-state index contributed by atoms with van der Waals surface area (Å²) in [6.45, 7) is 1.01. The van der Waals surface area contributed by atoms with Gasteiger partial charge in [-0.3, -0.25) is 14.6 Å². The van der Waals surface area contributed by atoms with E-state index in [4.69, 9.17) is 19.9 Å². The molecule has 0 aliphatic rings. The molecule has 2 amide bonds. The highest BCUT2D eigenvalue weighted by atomic mass is 19.4. The number of pyridine rings is 1. The molecule has 0 saturated carbocycles. The minimum Gasteiger partial charge on any atom is -0.496 e. The standard InChI is InChI=1S/C24H19F6N3O6/c1-11-19(22(35)33-12-6-7-32-14(8-12)21(31)34)17(10-18(37-3)20(11)23(25,26)27)38-15-5-4-13(9-16(15)36-2)39-24(28,29)30/h4-10H,1-3H3,(H2,31,34)(H,32,33,35). The number of benzene rings is 2. The van der Waals surface area contributed by atoms with Crippen molar-refractivity contribution in [3.05, 3.63) is 65.0 Å². The zero-order valence-electron chi connectivity index (χ0n) is 20.3. The average Bonchev–Trinajstić information content (AvgIpc) is 2.82. The van der Waals surface area contributed by atoms with Crippen molar-refractivity contribution in [3.63, 3.8) is 0 Å². The van der Waals surface area contributed by atoms with Gasteiger partial charge in [0.15, 0.2) is 11.5 Å². The van der Waals surface area contributed by atoms with E-state index >= 15 is 0 Å². The van der Waals surface area contributed by atoms with Crippen LogP contribution in [0.3, 0.4) is 0 Å². The highest BCUT2D eigenvalue weighted by molar-refractivity contribution is 6.08. The SMILES string of the molecule is COc1cc(OC(F)(F)F)ccc1Oc1cc(OC)c(C(F)(F)F)c(C)c1C(=O)Nc1ccnc(C(N)=O)c1. The van der Waals surface area contributed by atoms with Crippen LogP contribution in [0, 0.1) is 6.92 Å². The highest BCUT2D eigenvalue weighted by Gasteiger charge is 2.39. The number of hydrogen-bond donors (Lipinski definition) is 2. The van der Waals surface area contributed by atoms with Crippen LogP contribution in [0.5, 0.6) is 28.7 Å². The third kappa shape index (κ3) is 6.80. The first-order valence-electron chi connectivity index (χ1n) is 10.6. The highest BCUT2D eigenvalue weighted by Crippen LogP contribution is 2.45. The number of methoxy groups -OCH3 is 2. The number of halogens is 6. The van der Waals surface area contributed by atoms with Crippen LogP contribution in [0.4, 0.5) is 32.0 Å². The Balaban J connectivity index is 2.14. The van der Waals surface area contributed by atoms with Gasteiger partial charge in [0, 0.05) is 24.0 Å². The lowest BCUT2D eigenvalue weighted by Gasteiger charge is -2.21. The zero-order valence-corrected chi connectivity index (χ0v) is 20.3. The molecule has 0 bridgehead atoms. The quantitative estimate of drug-likeness (QED) is 0.351. The van der Waals surface area contributed by atoms with E-state index in [2.05, 4.69) is 15.0 Å². The Morgan fingerprint density at radius 1 is 0.897 bits per heavy atom. The summed E-state index contributed by atoms with van der Waals surface area (Å²) in [5.41, 5.74) is 2.47. The molecular weight excluding hydrogens is 540 g/mol. The van der Waals surface area contributed by atoms with Crippen LogP contribution >= 0.6 is 0 Å². The molecule has 0 radical (unpaired) electrons. The summed E-state index contributed by atoms with van der Waals surface area (Å²) in [5, 5.41) is 2.35. The summed E-state index contributed by atoms with van der Waals surface area (Å²) in [5.74, 6) is -4.37. The smallest absolute Gasteiger partial charge is 0.496 e. The summed E-state index contributed by atoms with van der Waals surface area (Å²) in [7, 11) is 2.07. The minimum absolute atomic E-state index is 0.0234.